The fourth-order valence-electron chi connectivity index (χ4n) is 3.80. The minimum absolute atomic E-state index is 0.293. The van der Waals surface area contributed by atoms with Crippen molar-refractivity contribution in [1.82, 2.24) is 10.1 Å². The van der Waals surface area contributed by atoms with E-state index in [4.69, 9.17) is 4.52 Å². The molecular formula is C21H22N2O. The number of aromatic nitrogens is 1. The van der Waals surface area contributed by atoms with Gasteiger partial charge in [0.25, 0.3) is 0 Å². The van der Waals surface area contributed by atoms with Gasteiger partial charge >= 0.3 is 0 Å². The van der Waals surface area contributed by atoms with Crippen molar-refractivity contribution < 1.29 is 4.52 Å². The van der Waals surface area contributed by atoms with Gasteiger partial charge < -0.3 is 4.52 Å². The number of hydrogen-bond donors (Lipinski definition) is 0. The van der Waals surface area contributed by atoms with Crippen LogP contribution in [0.4, 0.5) is 0 Å². The molecule has 1 aliphatic heterocycles. The predicted molar refractivity (Wildman–Crippen MR) is 96.9 cm³/mol. The molecular weight excluding hydrogens is 296 g/mol. The molecule has 0 radical (unpaired) electrons. The van der Waals surface area contributed by atoms with E-state index in [1.54, 1.807) is 0 Å². The molecule has 1 aliphatic rings. The van der Waals surface area contributed by atoms with E-state index in [2.05, 4.69) is 65.2 Å². The van der Waals surface area contributed by atoms with Gasteiger partial charge in [-0.3, -0.25) is 4.90 Å². The summed E-state index contributed by atoms with van der Waals surface area (Å²) in [6, 6.07) is 19.1. The number of fused-ring (bicyclic) bond motifs is 1. The van der Waals surface area contributed by atoms with E-state index in [0.717, 1.165) is 37.2 Å². The molecule has 1 atom stereocenters. The van der Waals surface area contributed by atoms with E-state index >= 15 is 0 Å². The minimum atomic E-state index is 0.293. The zero-order valence-corrected chi connectivity index (χ0v) is 13.8. The number of hydrogen-bond acceptors (Lipinski definition) is 3. The minimum Gasteiger partial charge on any atom is -0.356 e. The lowest BCUT2D eigenvalue weighted by Crippen LogP contribution is -2.35. The van der Waals surface area contributed by atoms with E-state index in [9.17, 15) is 0 Å². The lowest BCUT2D eigenvalue weighted by Gasteiger charge is -2.36. The average molecular weight is 318 g/mol. The van der Waals surface area contributed by atoms with Gasteiger partial charge in [0, 0.05) is 11.3 Å². The van der Waals surface area contributed by atoms with Crippen molar-refractivity contribution in [3.63, 3.8) is 0 Å². The summed E-state index contributed by atoms with van der Waals surface area (Å²) in [5.41, 5.74) is 3.33. The molecule has 3 aromatic rings. The molecule has 4 rings (SSSR count). The van der Waals surface area contributed by atoms with Crippen molar-refractivity contribution >= 4 is 11.0 Å². The van der Waals surface area contributed by atoms with Crippen molar-refractivity contribution in [2.24, 2.45) is 0 Å². The summed E-state index contributed by atoms with van der Waals surface area (Å²) in [6.45, 7) is 6.16. The Balaban J connectivity index is 1.49. The van der Waals surface area contributed by atoms with Gasteiger partial charge in [-0.25, -0.2) is 0 Å². The van der Waals surface area contributed by atoms with E-state index in [1.807, 2.05) is 12.1 Å². The molecule has 0 bridgehead atoms. The van der Waals surface area contributed by atoms with Crippen molar-refractivity contribution in [2.45, 2.75) is 24.8 Å². The summed E-state index contributed by atoms with van der Waals surface area (Å²) in [5, 5.41) is 5.52. The normalized spacial score (nSPS) is 17.8. The summed E-state index contributed by atoms with van der Waals surface area (Å²) in [7, 11) is 0. The summed E-state index contributed by atoms with van der Waals surface area (Å²) in [5.74, 6) is 0.478. The number of likely N-dealkylation sites (tertiary alicyclic amines) is 1. The third kappa shape index (κ3) is 2.76. The molecule has 0 saturated carbocycles. The molecule has 0 amide bonds. The fourth-order valence-corrected chi connectivity index (χ4v) is 3.80. The molecule has 0 N–H and O–H groups in total. The van der Waals surface area contributed by atoms with Crippen molar-refractivity contribution in [2.75, 3.05) is 13.1 Å². The van der Waals surface area contributed by atoms with Crippen LogP contribution in [-0.2, 0) is 0 Å². The van der Waals surface area contributed by atoms with Crippen LogP contribution < -0.4 is 0 Å². The molecule has 3 nitrogen and oxygen atoms in total. The van der Waals surface area contributed by atoms with Crippen LogP contribution in [0.2, 0.25) is 0 Å². The summed E-state index contributed by atoms with van der Waals surface area (Å²) < 4.78 is 5.49. The van der Waals surface area contributed by atoms with Gasteiger partial charge in [0.05, 0.1) is 11.7 Å². The quantitative estimate of drug-likeness (QED) is 0.638. The van der Waals surface area contributed by atoms with Crippen LogP contribution in [-0.4, -0.2) is 23.1 Å². The number of benzene rings is 2. The maximum absolute atomic E-state index is 5.49. The Hall–Kier alpha value is -2.39. The topological polar surface area (TPSA) is 29.3 Å². The Bertz CT molecular complexity index is 816. The SMILES string of the molecule is C=CC(c1ccccc1)N1CCC(c2noc3ccccc23)CC1. The second-order valence-electron chi connectivity index (χ2n) is 6.47. The van der Waals surface area contributed by atoms with Crippen LogP contribution in [0.25, 0.3) is 11.0 Å². The highest BCUT2D eigenvalue weighted by molar-refractivity contribution is 5.79. The summed E-state index contributed by atoms with van der Waals surface area (Å²) in [4.78, 5) is 2.51. The monoisotopic (exact) mass is 318 g/mol. The zero-order chi connectivity index (χ0) is 16.4. The van der Waals surface area contributed by atoms with E-state index in [1.165, 1.54) is 10.9 Å². The van der Waals surface area contributed by atoms with Crippen molar-refractivity contribution in [1.29, 1.82) is 0 Å². The van der Waals surface area contributed by atoms with Crippen LogP contribution >= 0.6 is 0 Å². The Morgan fingerprint density at radius 3 is 2.50 bits per heavy atom. The summed E-state index contributed by atoms with van der Waals surface area (Å²) in [6.07, 6.45) is 4.27. The maximum Gasteiger partial charge on any atom is 0.167 e. The zero-order valence-electron chi connectivity index (χ0n) is 13.8. The fraction of sp³-hybridized carbons (Fsp3) is 0.286. The number of nitrogens with zero attached hydrogens (tertiary/aromatic N) is 2. The number of para-hydroxylation sites is 1. The highest BCUT2D eigenvalue weighted by Crippen LogP contribution is 2.35. The number of piperidine rings is 1. The van der Waals surface area contributed by atoms with Crippen LogP contribution in [0.1, 0.15) is 36.1 Å². The lowest BCUT2D eigenvalue weighted by molar-refractivity contribution is 0.176. The van der Waals surface area contributed by atoms with Crippen LogP contribution in [0.3, 0.4) is 0 Å². The van der Waals surface area contributed by atoms with Gasteiger partial charge in [-0.2, -0.15) is 0 Å². The first-order chi connectivity index (χ1) is 11.9. The molecule has 1 fully saturated rings. The molecule has 24 heavy (non-hydrogen) atoms. The molecule has 1 aromatic heterocycles. The van der Waals surface area contributed by atoms with E-state index in [0.29, 0.717) is 12.0 Å². The van der Waals surface area contributed by atoms with Crippen LogP contribution in [0.15, 0.2) is 71.8 Å². The first-order valence-corrected chi connectivity index (χ1v) is 8.62. The summed E-state index contributed by atoms with van der Waals surface area (Å²) >= 11 is 0. The molecule has 2 heterocycles. The smallest absolute Gasteiger partial charge is 0.167 e. The molecule has 3 heteroatoms. The highest BCUT2D eigenvalue weighted by Gasteiger charge is 2.27. The molecule has 1 saturated heterocycles. The Labute approximate surface area is 142 Å². The first-order valence-electron chi connectivity index (χ1n) is 8.62. The highest BCUT2D eigenvalue weighted by atomic mass is 16.5. The average Bonchev–Trinajstić information content (AvgIpc) is 3.08. The van der Waals surface area contributed by atoms with Gasteiger partial charge in [-0.15, -0.1) is 6.58 Å². The maximum atomic E-state index is 5.49. The van der Waals surface area contributed by atoms with Crippen LogP contribution in [0.5, 0.6) is 0 Å². The van der Waals surface area contributed by atoms with E-state index < -0.39 is 0 Å². The van der Waals surface area contributed by atoms with Crippen LogP contribution in [0, 0.1) is 0 Å². The Morgan fingerprint density at radius 1 is 1.04 bits per heavy atom. The van der Waals surface area contributed by atoms with Gasteiger partial charge in [-0.05, 0) is 43.6 Å². The predicted octanol–water partition coefficient (Wildman–Crippen LogP) is 4.93. The van der Waals surface area contributed by atoms with E-state index in [-0.39, 0.29) is 0 Å². The van der Waals surface area contributed by atoms with Crippen molar-refractivity contribution in [3.8, 4) is 0 Å². The van der Waals surface area contributed by atoms with Gasteiger partial charge in [0.15, 0.2) is 5.58 Å². The third-order valence-electron chi connectivity index (χ3n) is 5.08. The second kappa shape index (κ2) is 6.62. The first kappa shape index (κ1) is 15.2. The van der Waals surface area contributed by atoms with Crippen molar-refractivity contribution in [3.05, 3.63) is 78.5 Å². The van der Waals surface area contributed by atoms with Gasteiger partial charge in [0.1, 0.15) is 0 Å². The molecule has 0 spiro atoms. The molecule has 1 unspecified atom stereocenters. The second-order valence-corrected chi connectivity index (χ2v) is 6.47. The largest absolute Gasteiger partial charge is 0.356 e. The lowest BCUT2D eigenvalue weighted by atomic mass is 9.90. The number of rotatable bonds is 4. The molecule has 0 aliphatic carbocycles. The molecule has 122 valence electrons. The van der Waals surface area contributed by atoms with Gasteiger partial charge in [-0.1, -0.05) is 53.7 Å². The Kier molecular flexibility index (Phi) is 4.18. The molecule has 2 aromatic carbocycles. The standard InChI is InChI=1S/C21H22N2O/c1-2-19(16-8-4-3-5-9-16)23-14-12-17(13-15-23)21-18-10-6-7-11-20(18)24-22-21/h2-11,17,19H,1,12-15H2. The third-order valence-corrected chi connectivity index (χ3v) is 5.08. The van der Waals surface area contributed by atoms with Gasteiger partial charge in [0.2, 0.25) is 0 Å². The Morgan fingerprint density at radius 2 is 1.75 bits per heavy atom.